The lowest BCUT2D eigenvalue weighted by Crippen LogP contribution is -2.43. The lowest BCUT2D eigenvalue weighted by molar-refractivity contribution is -0.141. The summed E-state index contributed by atoms with van der Waals surface area (Å²) in [5, 5.41) is 8.14. The van der Waals surface area contributed by atoms with Gasteiger partial charge in [0, 0.05) is 25.3 Å². The van der Waals surface area contributed by atoms with E-state index in [1.165, 1.54) is 0 Å². The molecule has 0 bridgehead atoms. The molecule has 0 aromatic carbocycles. The molecule has 0 saturated carbocycles. The van der Waals surface area contributed by atoms with E-state index in [0.29, 0.717) is 44.4 Å². The van der Waals surface area contributed by atoms with E-state index >= 15 is 0 Å². The molecule has 7 heteroatoms. The fourth-order valence-corrected chi connectivity index (χ4v) is 2.55. The Hall–Kier alpha value is -2.15. The Bertz CT molecular complexity index is 636. The number of hydrogen-bond donors (Lipinski definition) is 0. The third kappa shape index (κ3) is 3.61. The van der Waals surface area contributed by atoms with Crippen LogP contribution in [0.4, 0.5) is 0 Å². The van der Waals surface area contributed by atoms with E-state index in [4.69, 9.17) is 13.6 Å². The molecule has 3 rings (SSSR count). The van der Waals surface area contributed by atoms with Gasteiger partial charge in [-0.25, -0.2) is 0 Å². The van der Waals surface area contributed by atoms with Crippen LogP contribution in [-0.2, 0) is 16.0 Å². The Morgan fingerprint density at radius 1 is 1.43 bits per heavy atom. The Balaban J connectivity index is 1.68. The summed E-state index contributed by atoms with van der Waals surface area (Å²) in [5.74, 6) is 2.03. The van der Waals surface area contributed by atoms with Crippen LogP contribution in [0.5, 0.6) is 0 Å². The van der Waals surface area contributed by atoms with Gasteiger partial charge >= 0.3 is 0 Å². The minimum absolute atomic E-state index is 0.0407. The Kier molecular flexibility index (Phi) is 4.76. The number of ether oxygens (including phenoxy) is 1. The summed E-state index contributed by atoms with van der Waals surface area (Å²) < 4.78 is 16.5. The van der Waals surface area contributed by atoms with Gasteiger partial charge in [-0.3, -0.25) is 4.79 Å². The van der Waals surface area contributed by atoms with Crippen molar-refractivity contribution < 1.29 is 18.4 Å². The maximum atomic E-state index is 12.6. The Labute approximate surface area is 134 Å². The van der Waals surface area contributed by atoms with Crippen LogP contribution < -0.4 is 0 Å². The van der Waals surface area contributed by atoms with Crippen molar-refractivity contribution in [1.29, 1.82) is 0 Å². The number of furan rings is 1. The van der Waals surface area contributed by atoms with E-state index < -0.39 is 0 Å². The first-order valence-corrected chi connectivity index (χ1v) is 7.88. The molecule has 0 radical (unpaired) electrons. The monoisotopic (exact) mass is 319 g/mol. The molecule has 1 atom stereocenters. The number of amides is 1. The van der Waals surface area contributed by atoms with Gasteiger partial charge in [-0.05, 0) is 12.1 Å². The lowest BCUT2D eigenvalue weighted by atomic mass is 10.1. The van der Waals surface area contributed by atoms with Crippen molar-refractivity contribution in [1.82, 2.24) is 15.1 Å². The van der Waals surface area contributed by atoms with Crippen LogP contribution >= 0.6 is 0 Å². The number of nitrogens with zero attached hydrogens (tertiary/aromatic N) is 3. The van der Waals surface area contributed by atoms with E-state index in [1.807, 2.05) is 26.0 Å². The minimum Gasteiger partial charge on any atom is -0.469 e. The van der Waals surface area contributed by atoms with Crippen LogP contribution in [0.2, 0.25) is 0 Å². The van der Waals surface area contributed by atoms with Crippen molar-refractivity contribution in [2.75, 3.05) is 19.8 Å². The number of rotatable bonds is 5. The molecular formula is C16H21N3O4. The fourth-order valence-electron chi connectivity index (χ4n) is 2.55. The maximum absolute atomic E-state index is 12.6. The molecule has 1 aliphatic rings. The molecule has 1 saturated heterocycles. The third-order valence-electron chi connectivity index (χ3n) is 3.85. The molecular weight excluding hydrogens is 298 g/mol. The number of hydrogen-bond acceptors (Lipinski definition) is 6. The number of aromatic nitrogens is 2. The van der Waals surface area contributed by atoms with Gasteiger partial charge in [0.25, 0.3) is 0 Å². The van der Waals surface area contributed by atoms with E-state index in [-0.39, 0.29) is 17.9 Å². The first-order chi connectivity index (χ1) is 11.1. The van der Waals surface area contributed by atoms with Gasteiger partial charge in [-0.15, -0.1) is 10.2 Å². The van der Waals surface area contributed by atoms with Crippen LogP contribution in [0.25, 0.3) is 0 Å². The molecule has 23 heavy (non-hydrogen) atoms. The van der Waals surface area contributed by atoms with Gasteiger partial charge in [-0.2, -0.15) is 0 Å². The Morgan fingerprint density at radius 3 is 3.00 bits per heavy atom. The third-order valence-corrected chi connectivity index (χ3v) is 3.85. The molecule has 0 aliphatic carbocycles. The van der Waals surface area contributed by atoms with Crippen molar-refractivity contribution in [3.63, 3.8) is 0 Å². The smallest absolute Gasteiger partial charge is 0.241 e. The van der Waals surface area contributed by atoms with Crippen LogP contribution in [0.15, 0.2) is 27.2 Å². The highest BCUT2D eigenvalue weighted by molar-refractivity contribution is 5.77. The van der Waals surface area contributed by atoms with Crippen molar-refractivity contribution in [2.24, 2.45) is 0 Å². The molecule has 1 aliphatic heterocycles. The predicted molar refractivity (Wildman–Crippen MR) is 80.7 cm³/mol. The second kappa shape index (κ2) is 6.95. The molecule has 2 aromatic heterocycles. The first kappa shape index (κ1) is 15.7. The summed E-state index contributed by atoms with van der Waals surface area (Å²) >= 11 is 0. The van der Waals surface area contributed by atoms with E-state index in [1.54, 1.807) is 11.2 Å². The standard InChI is InChI=1S/C16H21N3O4/c1-11(2)15-17-18-16(23-15)13-10-21-9-7-19(13)14(20)6-5-12-4-3-8-22-12/h3-4,8,11,13H,5-7,9-10H2,1-2H3. The Morgan fingerprint density at radius 2 is 2.30 bits per heavy atom. The predicted octanol–water partition coefficient (Wildman–Crippen LogP) is 2.32. The normalized spacial score (nSPS) is 18.6. The molecule has 7 nitrogen and oxygen atoms in total. The number of carbonyl (C=O) groups is 1. The molecule has 0 N–H and O–H groups in total. The largest absolute Gasteiger partial charge is 0.469 e. The SMILES string of the molecule is CC(C)c1nnc(C2COCCN2C(=O)CCc2ccco2)o1. The quantitative estimate of drug-likeness (QED) is 0.841. The highest BCUT2D eigenvalue weighted by atomic mass is 16.5. The number of carbonyl (C=O) groups excluding carboxylic acids is 1. The second-order valence-electron chi connectivity index (χ2n) is 5.89. The molecule has 124 valence electrons. The zero-order valence-corrected chi connectivity index (χ0v) is 13.4. The highest BCUT2D eigenvalue weighted by Crippen LogP contribution is 2.26. The lowest BCUT2D eigenvalue weighted by Gasteiger charge is -2.33. The summed E-state index contributed by atoms with van der Waals surface area (Å²) in [6, 6.07) is 3.38. The highest BCUT2D eigenvalue weighted by Gasteiger charge is 2.32. The summed E-state index contributed by atoms with van der Waals surface area (Å²) in [4.78, 5) is 14.3. The average molecular weight is 319 g/mol. The number of morpholine rings is 1. The van der Waals surface area contributed by atoms with E-state index in [2.05, 4.69) is 10.2 Å². The molecule has 0 spiro atoms. The first-order valence-electron chi connectivity index (χ1n) is 7.88. The molecule has 1 fully saturated rings. The molecule has 3 heterocycles. The van der Waals surface area contributed by atoms with Crippen LogP contribution in [0, 0.1) is 0 Å². The molecule has 1 amide bonds. The summed E-state index contributed by atoms with van der Waals surface area (Å²) in [7, 11) is 0. The number of aryl methyl sites for hydroxylation is 1. The minimum atomic E-state index is -0.312. The average Bonchev–Trinajstić information content (AvgIpc) is 3.24. The molecule has 1 unspecified atom stereocenters. The van der Waals surface area contributed by atoms with Crippen molar-refractivity contribution >= 4 is 5.91 Å². The van der Waals surface area contributed by atoms with E-state index in [9.17, 15) is 4.79 Å². The van der Waals surface area contributed by atoms with Crippen LogP contribution in [-0.4, -0.2) is 40.8 Å². The van der Waals surface area contributed by atoms with Crippen LogP contribution in [0.3, 0.4) is 0 Å². The topological polar surface area (TPSA) is 81.6 Å². The van der Waals surface area contributed by atoms with Crippen molar-refractivity contribution in [2.45, 2.75) is 38.6 Å². The van der Waals surface area contributed by atoms with Gasteiger partial charge in [0.05, 0.1) is 19.5 Å². The summed E-state index contributed by atoms with van der Waals surface area (Å²) in [6.07, 6.45) is 2.58. The van der Waals surface area contributed by atoms with Crippen molar-refractivity contribution in [3.05, 3.63) is 35.9 Å². The molecule has 2 aromatic rings. The van der Waals surface area contributed by atoms with Gasteiger partial charge in [0.15, 0.2) is 0 Å². The van der Waals surface area contributed by atoms with Gasteiger partial charge < -0.3 is 18.5 Å². The van der Waals surface area contributed by atoms with Gasteiger partial charge in [0.2, 0.25) is 17.7 Å². The zero-order valence-electron chi connectivity index (χ0n) is 13.4. The second-order valence-corrected chi connectivity index (χ2v) is 5.89. The van der Waals surface area contributed by atoms with E-state index in [0.717, 1.165) is 5.76 Å². The van der Waals surface area contributed by atoms with Crippen molar-refractivity contribution in [3.8, 4) is 0 Å². The summed E-state index contributed by atoms with van der Waals surface area (Å²) in [6.45, 7) is 5.41. The zero-order chi connectivity index (χ0) is 16.2. The maximum Gasteiger partial charge on any atom is 0.241 e. The van der Waals surface area contributed by atoms with Gasteiger partial charge in [-0.1, -0.05) is 13.8 Å². The summed E-state index contributed by atoms with van der Waals surface area (Å²) in [5.41, 5.74) is 0. The van der Waals surface area contributed by atoms with Crippen LogP contribution in [0.1, 0.15) is 49.8 Å². The van der Waals surface area contributed by atoms with Gasteiger partial charge in [0.1, 0.15) is 11.8 Å². The fraction of sp³-hybridized carbons (Fsp3) is 0.562.